The van der Waals surface area contributed by atoms with E-state index in [0.29, 0.717) is 13.0 Å². The Kier molecular flexibility index (Phi) is 5.93. The fourth-order valence-electron chi connectivity index (χ4n) is 4.44. The summed E-state index contributed by atoms with van der Waals surface area (Å²) in [7, 11) is 0. The van der Waals surface area contributed by atoms with Crippen molar-refractivity contribution in [3.05, 3.63) is 64.7 Å². The summed E-state index contributed by atoms with van der Waals surface area (Å²) in [5.41, 5.74) is 5.31. The van der Waals surface area contributed by atoms with Crippen LogP contribution in [0, 0.1) is 0 Å². The molecule has 158 valence electrons. The van der Waals surface area contributed by atoms with E-state index in [9.17, 15) is 9.59 Å². The summed E-state index contributed by atoms with van der Waals surface area (Å²) in [5, 5.41) is 3.02. The molecule has 0 spiro atoms. The van der Waals surface area contributed by atoms with Gasteiger partial charge >= 0.3 is 12.2 Å². The molecule has 0 saturated carbocycles. The minimum Gasteiger partial charge on any atom is -0.449 e. The van der Waals surface area contributed by atoms with Gasteiger partial charge in [0.15, 0.2) is 0 Å². The van der Waals surface area contributed by atoms with Crippen molar-refractivity contribution in [2.24, 2.45) is 0 Å². The second-order valence-corrected chi connectivity index (χ2v) is 7.95. The smallest absolute Gasteiger partial charge is 0.414 e. The molecule has 2 atom stereocenters. The van der Waals surface area contributed by atoms with E-state index < -0.39 is 6.09 Å². The lowest BCUT2D eigenvalue weighted by atomic mass is 9.89. The van der Waals surface area contributed by atoms with E-state index in [1.165, 1.54) is 11.1 Å². The number of anilines is 1. The summed E-state index contributed by atoms with van der Waals surface area (Å²) >= 11 is 0. The predicted molar refractivity (Wildman–Crippen MR) is 115 cm³/mol. The number of carbonyl (C=O) groups excluding carboxylic acids is 2. The van der Waals surface area contributed by atoms with Crippen LogP contribution in [-0.2, 0) is 28.9 Å². The van der Waals surface area contributed by atoms with Crippen LogP contribution in [0.5, 0.6) is 0 Å². The van der Waals surface area contributed by atoms with E-state index in [4.69, 9.17) is 9.47 Å². The monoisotopic (exact) mass is 408 g/mol. The van der Waals surface area contributed by atoms with Crippen molar-refractivity contribution < 1.29 is 19.1 Å². The van der Waals surface area contributed by atoms with E-state index in [1.807, 2.05) is 44.2 Å². The Balaban J connectivity index is 1.56. The topological polar surface area (TPSA) is 67.9 Å². The molecular formula is C24H28N2O4. The minimum absolute atomic E-state index is 0.101. The van der Waals surface area contributed by atoms with Crippen LogP contribution >= 0.6 is 0 Å². The van der Waals surface area contributed by atoms with Crippen LogP contribution in [0.1, 0.15) is 55.0 Å². The molecule has 1 N–H and O–H groups in total. The SMILES string of the molecule is CCOC(=O)N1c2cc3c(cc2[C@@H](NC(=O)OCc2ccccc2)C[C@H]1C)CCC3. The first kappa shape index (κ1) is 20.3. The number of hydrogen-bond acceptors (Lipinski definition) is 4. The minimum atomic E-state index is -0.452. The van der Waals surface area contributed by atoms with Crippen LogP contribution in [0.4, 0.5) is 15.3 Å². The normalized spacial score (nSPS) is 19.6. The van der Waals surface area contributed by atoms with Crippen molar-refractivity contribution in [2.45, 2.75) is 58.2 Å². The number of fused-ring (bicyclic) bond motifs is 2. The molecule has 0 aromatic heterocycles. The van der Waals surface area contributed by atoms with Gasteiger partial charge in [0.1, 0.15) is 6.61 Å². The third-order valence-corrected chi connectivity index (χ3v) is 5.86. The van der Waals surface area contributed by atoms with E-state index in [-0.39, 0.29) is 24.8 Å². The molecule has 2 aromatic carbocycles. The molecule has 4 rings (SSSR count). The molecule has 0 radical (unpaired) electrons. The Bertz CT molecular complexity index is 928. The van der Waals surface area contributed by atoms with Crippen molar-refractivity contribution in [2.75, 3.05) is 11.5 Å². The lowest BCUT2D eigenvalue weighted by molar-refractivity contribution is 0.133. The molecule has 6 heteroatoms. The maximum atomic E-state index is 12.7. The summed E-state index contributed by atoms with van der Waals surface area (Å²) in [6.45, 7) is 4.34. The average Bonchev–Trinajstić information content (AvgIpc) is 3.19. The number of benzene rings is 2. The van der Waals surface area contributed by atoms with E-state index in [0.717, 1.165) is 36.1 Å². The fourth-order valence-corrected chi connectivity index (χ4v) is 4.44. The van der Waals surface area contributed by atoms with Gasteiger partial charge in [0.05, 0.1) is 18.3 Å². The number of alkyl carbamates (subject to hydrolysis) is 1. The lowest BCUT2D eigenvalue weighted by Gasteiger charge is -2.39. The first-order chi connectivity index (χ1) is 14.6. The maximum Gasteiger partial charge on any atom is 0.414 e. The molecular weight excluding hydrogens is 380 g/mol. The first-order valence-electron chi connectivity index (χ1n) is 10.7. The summed E-state index contributed by atoms with van der Waals surface area (Å²) in [5.74, 6) is 0. The largest absolute Gasteiger partial charge is 0.449 e. The van der Waals surface area contributed by atoms with Crippen molar-refractivity contribution in [1.29, 1.82) is 0 Å². The zero-order valence-corrected chi connectivity index (χ0v) is 17.5. The number of ether oxygens (including phenoxy) is 2. The molecule has 1 aliphatic carbocycles. The van der Waals surface area contributed by atoms with Crippen LogP contribution in [0.25, 0.3) is 0 Å². The standard InChI is InChI=1S/C24H28N2O4/c1-3-29-24(28)26-16(2)12-21(20-13-18-10-7-11-19(18)14-22(20)26)25-23(27)30-15-17-8-5-4-6-9-17/h4-6,8-9,13-14,16,21H,3,7,10-12,15H2,1-2H3,(H,25,27)/t16-,21+/m1/s1. The highest BCUT2D eigenvalue weighted by Crippen LogP contribution is 2.41. The molecule has 30 heavy (non-hydrogen) atoms. The molecule has 2 aliphatic rings. The van der Waals surface area contributed by atoms with Gasteiger partial charge in [0.25, 0.3) is 0 Å². The number of hydrogen-bond donors (Lipinski definition) is 1. The quantitative estimate of drug-likeness (QED) is 0.781. The summed E-state index contributed by atoms with van der Waals surface area (Å²) in [4.78, 5) is 26.9. The number of rotatable bonds is 4. The third-order valence-electron chi connectivity index (χ3n) is 5.86. The molecule has 0 saturated heterocycles. The van der Waals surface area contributed by atoms with Gasteiger partial charge in [-0.05, 0) is 67.9 Å². The van der Waals surface area contributed by atoms with Crippen molar-refractivity contribution >= 4 is 17.9 Å². The highest BCUT2D eigenvalue weighted by molar-refractivity contribution is 5.91. The first-order valence-corrected chi connectivity index (χ1v) is 10.7. The highest BCUT2D eigenvalue weighted by Gasteiger charge is 2.36. The van der Waals surface area contributed by atoms with Crippen molar-refractivity contribution in [3.63, 3.8) is 0 Å². The summed E-state index contributed by atoms with van der Waals surface area (Å²) < 4.78 is 10.7. The number of nitrogens with zero attached hydrogens (tertiary/aromatic N) is 1. The van der Waals surface area contributed by atoms with Crippen LogP contribution in [0.3, 0.4) is 0 Å². The van der Waals surface area contributed by atoms with E-state index in [1.54, 1.807) is 4.90 Å². The molecule has 2 amide bonds. The van der Waals surface area contributed by atoms with Gasteiger partial charge in [-0.25, -0.2) is 9.59 Å². The molecule has 2 aromatic rings. The van der Waals surface area contributed by atoms with Crippen molar-refractivity contribution in [1.82, 2.24) is 5.32 Å². The molecule has 1 heterocycles. The Morgan fingerprint density at radius 3 is 2.57 bits per heavy atom. The summed E-state index contributed by atoms with van der Waals surface area (Å²) in [6, 6.07) is 13.5. The lowest BCUT2D eigenvalue weighted by Crippen LogP contribution is -2.46. The van der Waals surface area contributed by atoms with Gasteiger partial charge in [0.2, 0.25) is 0 Å². The van der Waals surface area contributed by atoms with Crippen LogP contribution in [0.2, 0.25) is 0 Å². The Hall–Kier alpha value is -3.02. The summed E-state index contributed by atoms with van der Waals surface area (Å²) in [6.07, 6.45) is 2.98. The van der Waals surface area contributed by atoms with E-state index in [2.05, 4.69) is 17.4 Å². The third kappa shape index (κ3) is 4.13. The van der Waals surface area contributed by atoms with Gasteiger partial charge in [0, 0.05) is 6.04 Å². The number of nitrogens with one attached hydrogen (secondary N) is 1. The number of carbonyl (C=O) groups is 2. The molecule has 6 nitrogen and oxygen atoms in total. The molecule has 1 aliphatic heterocycles. The number of amides is 2. The van der Waals surface area contributed by atoms with Crippen LogP contribution in [0.15, 0.2) is 42.5 Å². The van der Waals surface area contributed by atoms with Gasteiger partial charge in [-0.1, -0.05) is 36.4 Å². The van der Waals surface area contributed by atoms with E-state index >= 15 is 0 Å². The van der Waals surface area contributed by atoms with Crippen LogP contribution < -0.4 is 10.2 Å². The second-order valence-electron chi connectivity index (χ2n) is 7.95. The molecule has 0 bridgehead atoms. The zero-order chi connectivity index (χ0) is 21.1. The Morgan fingerprint density at radius 1 is 1.10 bits per heavy atom. The van der Waals surface area contributed by atoms with Gasteiger partial charge in [-0.3, -0.25) is 4.90 Å². The average molecular weight is 408 g/mol. The Labute approximate surface area is 177 Å². The van der Waals surface area contributed by atoms with Crippen molar-refractivity contribution in [3.8, 4) is 0 Å². The predicted octanol–water partition coefficient (Wildman–Crippen LogP) is 4.90. The molecule has 0 unspecified atom stereocenters. The van der Waals surface area contributed by atoms with Gasteiger partial charge in [-0.15, -0.1) is 0 Å². The Morgan fingerprint density at radius 2 is 1.83 bits per heavy atom. The second kappa shape index (κ2) is 8.78. The fraction of sp³-hybridized carbons (Fsp3) is 0.417. The number of aryl methyl sites for hydroxylation is 2. The molecule has 0 fully saturated rings. The maximum absolute atomic E-state index is 12.7. The van der Waals surface area contributed by atoms with Crippen LogP contribution in [-0.4, -0.2) is 24.8 Å². The zero-order valence-electron chi connectivity index (χ0n) is 17.5. The van der Waals surface area contributed by atoms with Gasteiger partial charge < -0.3 is 14.8 Å². The highest BCUT2D eigenvalue weighted by atomic mass is 16.6. The van der Waals surface area contributed by atoms with Gasteiger partial charge in [-0.2, -0.15) is 0 Å².